The maximum atomic E-state index is 2.42. The molecular weight excluding hydrogens is 613 g/mol. The largest absolute Gasteiger partial charge is 0.310 e. The minimum absolute atomic E-state index is 1.12. The van der Waals surface area contributed by atoms with E-state index in [0.29, 0.717) is 0 Å². The van der Waals surface area contributed by atoms with E-state index in [9.17, 15) is 0 Å². The Kier molecular flexibility index (Phi) is 6.39. The number of hydrogen-bond acceptors (Lipinski definition) is 2. The van der Waals surface area contributed by atoms with Crippen LogP contribution in [0, 0.1) is 0 Å². The molecule has 0 atom stereocenters. The molecule has 0 fully saturated rings. The topological polar surface area (TPSA) is 8.17 Å². The summed E-state index contributed by atoms with van der Waals surface area (Å²) in [6, 6.07) is 66.2. The van der Waals surface area contributed by atoms with Gasteiger partial charge in [-0.1, -0.05) is 109 Å². The number of nitrogens with zero attached hydrogens (tertiary/aromatic N) is 2. The predicted molar refractivity (Wildman–Crippen MR) is 211 cm³/mol. The summed E-state index contributed by atoms with van der Waals surface area (Å²) in [7, 11) is 0. The first-order valence-electron chi connectivity index (χ1n) is 16.7. The Bertz CT molecular complexity index is 2830. The summed E-state index contributed by atoms with van der Waals surface area (Å²) in [5.74, 6) is 0. The van der Waals surface area contributed by atoms with Crippen LogP contribution in [0.4, 0.5) is 17.1 Å². The lowest BCUT2D eigenvalue weighted by Crippen LogP contribution is -2.10. The molecule has 0 amide bonds. The molecule has 0 saturated carbocycles. The van der Waals surface area contributed by atoms with Crippen molar-refractivity contribution < 1.29 is 0 Å². The first-order valence-corrected chi connectivity index (χ1v) is 17.5. The zero-order chi connectivity index (χ0) is 32.3. The van der Waals surface area contributed by atoms with Gasteiger partial charge in [0.25, 0.3) is 0 Å². The maximum Gasteiger partial charge on any atom is 0.0542 e. The molecule has 3 heteroatoms. The Balaban J connectivity index is 1.24. The Morgan fingerprint density at radius 1 is 0.388 bits per heavy atom. The molecule has 2 aromatic heterocycles. The van der Waals surface area contributed by atoms with Gasteiger partial charge in [-0.2, -0.15) is 0 Å². The van der Waals surface area contributed by atoms with Crippen LogP contribution in [0.15, 0.2) is 182 Å². The van der Waals surface area contributed by atoms with Gasteiger partial charge in [-0.15, -0.1) is 11.3 Å². The third-order valence-electron chi connectivity index (χ3n) is 9.74. The number of fused-ring (bicyclic) bond motifs is 8. The molecule has 10 rings (SSSR count). The molecule has 0 bridgehead atoms. The van der Waals surface area contributed by atoms with E-state index >= 15 is 0 Å². The van der Waals surface area contributed by atoms with Crippen molar-refractivity contribution in [3.63, 3.8) is 0 Å². The summed E-state index contributed by atoms with van der Waals surface area (Å²) in [5.41, 5.74) is 9.33. The van der Waals surface area contributed by atoms with Crippen molar-refractivity contribution in [3.8, 4) is 16.8 Å². The fourth-order valence-corrected chi connectivity index (χ4v) is 8.65. The molecule has 230 valence electrons. The molecule has 0 aliphatic heterocycles. The van der Waals surface area contributed by atoms with Crippen molar-refractivity contribution in [1.29, 1.82) is 0 Å². The Labute approximate surface area is 288 Å². The summed E-state index contributed by atoms with van der Waals surface area (Å²) in [6.45, 7) is 0. The number of hydrogen-bond donors (Lipinski definition) is 0. The fourth-order valence-electron chi connectivity index (χ4n) is 7.53. The summed E-state index contributed by atoms with van der Waals surface area (Å²) in [4.78, 5) is 2.42. The van der Waals surface area contributed by atoms with Gasteiger partial charge in [-0.3, -0.25) is 0 Å². The fraction of sp³-hybridized carbons (Fsp3) is 0. The summed E-state index contributed by atoms with van der Waals surface area (Å²) in [6.07, 6.45) is 0. The van der Waals surface area contributed by atoms with Gasteiger partial charge in [0.05, 0.1) is 11.0 Å². The molecule has 8 aromatic carbocycles. The van der Waals surface area contributed by atoms with Gasteiger partial charge < -0.3 is 9.47 Å². The van der Waals surface area contributed by atoms with Crippen molar-refractivity contribution in [2.45, 2.75) is 0 Å². The second-order valence-corrected chi connectivity index (χ2v) is 13.7. The van der Waals surface area contributed by atoms with Crippen LogP contribution in [0.1, 0.15) is 0 Å². The van der Waals surface area contributed by atoms with Gasteiger partial charge in [0.2, 0.25) is 0 Å². The molecular formula is C46H30N2S. The van der Waals surface area contributed by atoms with Crippen molar-refractivity contribution >= 4 is 81.1 Å². The third-order valence-corrected chi connectivity index (χ3v) is 10.9. The molecule has 0 radical (unpaired) electrons. The number of thiophene rings is 1. The normalized spacial score (nSPS) is 11.7. The molecule has 49 heavy (non-hydrogen) atoms. The smallest absolute Gasteiger partial charge is 0.0542 e. The first-order chi connectivity index (χ1) is 24.3. The molecule has 10 aromatic rings. The molecule has 2 nitrogen and oxygen atoms in total. The number of aromatic nitrogens is 1. The van der Waals surface area contributed by atoms with Crippen LogP contribution in [0.2, 0.25) is 0 Å². The monoisotopic (exact) mass is 642 g/mol. The number of para-hydroxylation sites is 2. The minimum Gasteiger partial charge on any atom is -0.310 e. The van der Waals surface area contributed by atoms with Gasteiger partial charge in [0, 0.05) is 53.7 Å². The highest BCUT2D eigenvalue weighted by molar-refractivity contribution is 7.26. The van der Waals surface area contributed by atoms with Crippen LogP contribution in [-0.2, 0) is 0 Å². The Morgan fingerprint density at radius 3 is 1.88 bits per heavy atom. The zero-order valence-electron chi connectivity index (χ0n) is 26.6. The molecule has 0 unspecified atom stereocenters. The van der Waals surface area contributed by atoms with E-state index in [1.54, 1.807) is 0 Å². The second kappa shape index (κ2) is 11.2. The van der Waals surface area contributed by atoms with Crippen LogP contribution >= 0.6 is 11.3 Å². The number of rotatable bonds is 5. The van der Waals surface area contributed by atoms with Gasteiger partial charge in [0.15, 0.2) is 0 Å². The van der Waals surface area contributed by atoms with Crippen molar-refractivity contribution in [2.75, 3.05) is 4.90 Å². The molecule has 0 spiro atoms. The number of anilines is 3. The molecule has 2 heterocycles. The van der Waals surface area contributed by atoms with Crippen LogP contribution in [0.3, 0.4) is 0 Å². The zero-order valence-corrected chi connectivity index (χ0v) is 27.4. The predicted octanol–water partition coefficient (Wildman–Crippen LogP) is 13.4. The standard InChI is InChI=1S/C46H30N2S/c1-3-12-31(13-4-1)33-14-11-17-35(28-33)47(36-24-22-32-23-27-45-46(40(32)29-36)39-19-8-10-21-44(39)49-45)37-25-26-43-41(30-37)38-18-7-9-20-42(38)48(43)34-15-5-2-6-16-34/h1-30H. The summed E-state index contributed by atoms with van der Waals surface area (Å²) >= 11 is 1.87. The van der Waals surface area contributed by atoms with E-state index in [2.05, 4.69) is 191 Å². The van der Waals surface area contributed by atoms with Crippen LogP contribution in [0.25, 0.3) is 69.6 Å². The highest BCUT2D eigenvalue weighted by Crippen LogP contribution is 2.44. The maximum absolute atomic E-state index is 2.42. The van der Waals surface area contributed by atoms with Crippen molar-refractivity contribution in [1.82, 2.24) is 4.57 Å². The van der Waals surface area contributed by atoms with Crippen LogP contribution < -0.4 is 4.90 Å². The van der Waals surface area contributed by atoms with E-state index < -0.39 is 0 Å². The SMILES string of the molecule is c1ccc(-c2cccc(N(c3ccc4ccc5sc6ccccc6c5c4c3)c3ccc4c(c3)c3ccccc3n4-c3ccccc3)c2)cc1. The van der Waals surface area contributed by atoms with E-state index in [0.717, 1.165) is 22.7 Å². The Morgan fingerprint density at radius 2 is 1.02 bits per heavy atom. The average Bonchev–Trinajstić information content (AvgIpc) is 3.72. The van der Waals surface area contributed by atoms with Gasteiger partial charge >= 0.3 is 0 Å². The van der Waals surface area contributed by atoms with Crippen molar-refractivity contribution in [2.24, 2.45) is 0 Å². The molecule has 0 aliphatic rings. The van der Waals surface area contributed by atoms with Gasteiger partial charge in [-0.05, 0) is 94.7 Å². The van der Waals surface area contributed by atoms with Crippen molar-refractivity contribution in [3.05, 3.63) is 182 Å². The highest BCUT2D eigenvalue weighted by atomic mass is 32.1. The minimum atomic E-state index is 1.12. The molecule has 0 aliphatic carbocycles. The lowest BCUT2D eigenvalue weighted by atomic mass is 10.0. The lowest BCUT2D eigenvalue weighted by Gasteiger charge is -2.27. The first kappa shape index (κ1) is 27.9. The van der Waals surface area contributed by atoms with E-state index in [-0.39, 0.29) is 0 Å². The lowest BCUT2D eigenvalue weighted by molar-refractivity contribution is 1.18. The Hall–Kier alpha value is -6.16. The highest BCUT2D eigenvalue weighted by Gasteiger charge is 2.19. The van der Waals surface area contributed by atoms with E-state index in [1.165, 1.54) is 63.9 Å². The van der Waals surface area contributed by atoms with Crippen LogP contribution in [-0.4, -0.2) is 4.57 Å². The average molecular weight is 643 g/mol. The van der Waals surface area contributed by atoms with E-state index in [4.69, 9.17) is 0 Å². The second-order valence-electron chi connectivity index (χ2n) is 12.6. The van der Waals surface area contributed by atoms with Crippen LogP contribution in [0.5, 0.6) is 0 Å². The van der Waals surface area contributed by atoms with E-state index in [1.807, 2.05) is 11.3 Å². The third kappa shape index (κ3) is 4.55. The van der Waals surface area contributed by atoms with Gasteiger partial charge in [-0.25, -0.2) is 0 Å². The summed E-state index contributed by atoms with van der Waals surface area (Å²) < 4.78 is 5.02. The molecule has 0 N–H and O–H groups in total. The molecule has 0 saturated heterocycles. The number of benzene rings is 8. The van der Waals surface area contributed by atoms with Gasteiger partial charge in [0.1, 0.15) is 0 Å². The summed E-state index contributed by atoms with van der Waals surface area (Å²) in [5, 5.41) is 7.65. The quantitative estimate of drug-likeness (QED) is 0.181.